The molecule has 1 aliphatic carbocycles. The Labute approximate surface area is 124 Å². The van der Waals surface area contributed by atoms with Crippen LogP contribution in [0.4, 0.5) is 0 Å². The van der Waals surface area contributed by atoms with Gasteiger partial charge in [-0.3, -0.25) is 4.68 Å². The van der Waals surface area contributed by atoms with Gasteiger partial charge in [0.15, 0.2) is 0 Å². The Morgan fingerprint density at radius 1 is 1.40 bits per heavy atom. The Hall–Kier alpha value is -1.32. The molecule has 1 aromatic heterocycles. The van der Waals surface area contributed by atoms with Crippen molar-refractivity contribution in [2.24, 2.45) is 13.0 Å². The van der Waals surface area contributed by atoms with E-state index in [1.165, 1.54) is 12.0 Å². The summed E-state index contributed by atoms with van der Waals surface area (Å²) in [5.74, 6) is 1.23. The largest absolute Gasteiger partial charge is 0.309 e. The molecule has 106 valence electrons. The first-order valence-corrected chi connectivity index (χ1v) is 7.56. The Bertz CT molecular complexity index is 559. The number of rotatable bonds is 5. The Kier molecular flexibility index (Phi) is 3.81. The predicted molar refractivity (Wildman–Crippen MR) is 81.9 cm³/mol. The third-order valence-corrected chi connectivity index (χ3v) is 4.44. The highest BCUT2D eigenvalue weighted by Crippen LogP contribution is 2.54. The monoisotopic (exact) mass is 289 g/mol. The SMILES string of the molecule is CCNC(c1c(Cl)cnn1C)C1CC1c1ccccc1. The van der Waals surface area contributed by atoms with Gasteiger partial charge < -0.3 is 5.32 Å². The Balaban J connectivity index is 1.84. The second-order valence-electron chi connectivity index (χ2n) is 5.45. The normalized spacial score (nSPS) is 22.8. The molecule has 0 bridgehead atoms. The molecule has 0 radical (unpaired) electrons. The number of nitrogens with zero attached hydrogens (tertiary/aromatic N) is 2. The molecule has 3 unspecified atom stereocenters. The summed E-state index contributed by atoms with van der Waals surface area (Å²) in [5, 5.41) is 8.62. The van der Waals surface area contributed by atoms with Crippen LogP contribution in [0.25, 0.3) is 0 Å². The molecular formula is C16H20ClN3. The van der Waals surface area contributed by atoms with Crippen LogP contribution in [0.1, 0.15) is 36.6 Å². The van der Waals surface area contributed by atoms with Gasteiger partial charge in [-0.25, -0.2) is 0 Å². The van der Waals surface area contributed by atoms with Crippen LogP contribution in [0.2, 0.25) is 5.02 Å². The molecule has 0 spiro atoms. The molecule has 1 aliphatic rings. The van der Waals surface area contributed by atoms with Gasteiger partial charge in [0, 0.05) is 7.05 Å². The number of aryl methyl sites for hydroxylation is 1. The summed E-state index contributed by atoms with van der Waals surface area (Å²) >= 11 is 6.32. The summed E-state index contributed by atoms with van der Waals surface area (Å²) in [5.41, 5.74) is 2.54. The lowest BCUT2D eigenvalue weighted by Crippen LogP contribution is -2.25. The van der Waals surface area contributed by atoms with Crippen molar-refractivity contribution in [1.82, 2.24) is 15.1 Å². The van der Waals surface area contributed by atoms with E-state index < -0.39 is 0 Å². The first-order chi connectivity index (χ1) is 9.72. The zero-order chi connectivity index (χ0) is 14.1. The average Bonchev–Trinajstić information content (AvgIpc) is 3.19. The van der Waals surface area contributed by atoms with Gasteiger partial charge in [-0.2, -0.15) is 5.10 Å². The van der Waals surface area contributed by atoms with E-state index in [1.54, 1.807) is 6.20 Å². The van der Waals surface area contributed by atoms with Gasteiger partial charge >= 0.3 is 0 Å². The van der Waals surface area contributed by atoms with Gasteiger partial charge in [0.2, 0.25) is 0 Å². The van der Waals surface area contributed by atoms with Gasteiger partial charge in [-0.15, -0.1) is 0 Å². The highest BCUT2D eigenvalue weighted by atomic mass is 35.5. The first-order valence-electron chi connectivity index (χ1n) is 7.18. The molecule has 0 amide bonds. The van der Waals surface area contributed by atoms with Crippen molar-refractivity contribution in [3.63, 3.8) is 0 Å². The molecule has 3 atom stereocenters. The topological polar surface area (TPSA) is 29.9 Å². The lowest BCUT2D eigenvalue weighted by molar-refractivity contribution is 0.455. The molecular weight excluding hydrogens is 270 g/mol. The van der Waals surface area contributed by atoms with E-state index in [9.17, 15) is 0 Å². The minimum absolute atomic E-state index is 0.283. The van der Waals surface area contributed by atoms with Crippen LogP contribution < -0.4 is 5.32 Å². The van der Waals surface area contributed by atoms with Gasteiger partial charge in [0.1, 0.15) is 0 Å². The molecule has 3 nitrogen and oxygen atoms in total. The highest BCUT2D eigenvalue weighted by molar-refractivity contribution is 6.31. The molecule has 4 heteroatoms. The van der Waals surface area contributed by atoms with Crippen molar-refractivity contribution in [3.8, 4) is 0 Å². The summed E-state index contributed by atoms with van der Waals surface area (Å²) in [6, 6.07) is 11.0. The molecule has 1 aromatic carbocycles. The number of benzene rings is 1. The van der Waals surface area contributed by atoms with Gasteiger partial charge in [0.05, 0.1) is 23.0 Å². The van der Waals surface area contributed by atoms with Crippen LogP contribution in [0.3, 0.4) is 0 Å². The van der Waals surface area contributed by atoms with Crippen molar-refractivity contribution in [2.75, 3.05) is 6.54 Å². The average molecular weight is 290 g/mol. The number of nitrogens with one attached hydrogen (secondary N) is 1. The fraction of sp³-hybridized carbons (Fsp3) is 0.438. The number of halogens is 1. The predicted octanol–water partition coefficient (Wildman–Crippen LogP) is 3.53. The van der Waals surface area contributed by atoms with E-state index in [0.717, 1.165) is 17.3 Å². The maximum Gasteiger partial charge on any atom is 0.0834 e. The Morgan fingerprint density at radius 2 is 2.15 bits per heavy atom. The lowest BCUT2D eigenvalue weighted by Gasteiger charge is -2.19. The molecule has 3 rings (SSSR count). The summed E-state index contributed by atoms with van der Waals surface area (Å²) in [4.78, 5) is 0. The van der Waals surface area contributed by atoms with E-state index in [0.29, 0.717) is 11.8 Å². The maximum atomic E-state index is 6.32. The van der Waals surface area contributed by atoms with Crippen molar-refractivity contribution in [2.45, 2.75) is 25.3 Å². The second kappa shape index (κ2) is 5.58. The molecule has 1 heterocycles. The minimum atomic E-state index is 0.283. The molecule has 1 saturated carbocycles. The summed E-state index contributed by atoms with van der Waals surface area (Å²) in [6.45, 7) is 3.07. The highest BCUT2D eigenvalue weighted by Gasteiger charge is 2.45. The fourth-order valence-electron chi connectivity index (χ4n) is 3.11. The van der Waals surface area contributed by atoms with Crippen molar-refractivity contribution in [1.29, 1.82) is 0 Å². The van der Waals surface area contributed by atoms with Crippen LogP contribution in [0, 0.1) is 5.92 Å². The molecule has 20 heavy (non-hydrogen) atoms. The van der Waals surface area contributed by atoms with Crippen LogP contribution in [0.15, 0.2) is 36.5 Å². The number of hydrogen-bond donors (Lipinski definition) is 1. The fourth-order valence-corrected chi connectivity index (χ4v) is 3.39. The van der Waals surface area contributed by atoms with Crippen LogP contribution >= 0.6 is 11.6 Å². The summed E-state index contributed by atoms with van der Waals surface area (Å²) in [7, 11) is 1.96. The van der Waals surface area contributed by atoms with Crippen LogP contribution in [-0.4, -0.2) is 16.3 Å². The van der Waals surface area contributed by atoms with Crippen LogP contribution in [0.5, 0.6) is 0 Å². The maximum absolute atomic E-state index is 6.32. The number of aromatic nitrogens is 2. The first kappa shape index (κ1) is 13.7. The smallest absolute Gasteiger partial charge is 0.0834 e. The molecule has 1 fully saturated rings. The van der Waals surface area contributed by atoms with E-state index in [1.807, 2.05) is 11.7 Å². The second-order valence-corrected chi connectivity index (χ2v) is 5.86. The van der Waals surface area contributed by atoms with E-state index >= 15 is 0 Å². The van der Waals surface area contributed by atoms with Crippen LogP contribution in [-0.2, 0) is 7.05 Å². The van der Waals surface area contributed by atoms with Gasteiger partial charge in [-0.05, 0) is 30.4 Å². The molecule has 2 aromatic rings. The van der Waals surface area contributed by atoms with Crippen molar-refractivity contribution < 1.29 is 0 Å². The molecule has 0 aliphatic heterocycles. The van der Waals surface area contributed by atoms with Crippen molar-refractivity contribution >= 4 is 11.6 Å². The minimum Gasteiger partial charge on any atom is -0.309 e. The zero-order valence-electron chi connectivity index (χ0n) is 11.9. The van der Waals surface area contributed by atoms with E-state index in [2.05, 4.69) is 47.7 Å². The zero-order valence-corrected chi connectivity index (χ0v) is 12.6. The van der Waals surface area contributed by atoms with E-state index in [-0.39, 0.29) is 6.04 Å². The van der Waals surface area contributed by atoms with Gasteiger partial charge in [-0.1, -0.05) is 48.9 Å². The Morgan fingerprint density at radius 3 is 2.75 bits per heavy atom. The molecule has 1 N–H and O–H groups in total. The lowest BCUT2D eigenvalue weighted by atomic mass is 10.0. The third kappa shape index (κ3) is 2.48. The van der Waals surface area contributed by atoms with E-state index in [4.69, 9.17) is 11.6 Å². The standard InChI is InChI=1S/C16H20ClN3/c1-3-18-15(16-14(17)10-19-20(16)2)13-9-12(13)11-7-5-4-6-8-11/h4-8,10,12-13,15,18H,3,9H2,1-2H3. The summed E-state index contributed by atoms with van der Waals surface area (Å²) < 4.78 is 1.90. The van der Waals surface area contributed by atoms with Crippen molar-refractivity contribution in [3.05, 3.63) is 52.8 Å². The van der Waals surface area contributed by atoms with Gasteiger partial charge in [0.25, 0.3) is 0 Å². The third-order valence-electron chi connectivity index (χ3n) is 4.15. The quantitative estimate of drug-likeness (QED) is 0.912. The summed E-state index contributed by atoms with van der Waals surface area (Å²) in [6.07, 6.45) is 2.95. The molecule has 0 saturated heterocycles. The number of hydrogen-bond acceptors (Lipinski definition) is 2.